The minimum Gasteiger partial charge on any atom is -0.471 e. The molecule has 0 saturated heterocycles. The molecule has 27 heavy (non-hydrogen) atoms. The first-order valence-corrected chi connectivity index (χ1v) is 8.32. The van der Waals surface area contributed by atoms with Gasteiger partial charge in [-0.2, -0.15) is 0 Å². The van der Waals surface area contributed by atoms with E-state index in [1.165, 1.54) is 20.0 Å². The average molecular weight is 368 g/mol. The van der Waals surface area contributed by atoms with Crippen LogP contribution >= 0.6 is 0 Å². The molecule has 3 heterocycles. The maximum atomic E-state index is 12.7. The van der Waals surface area contributed by atoms with Crippen LogP contribution in [0.1, 0.15) is 35.7 Å². The molecule has 8 nitrogen and oxygen atoms in total. The number of carbonyl (C=O) groups excluding carboxylic acids is 2. The number of nitrogens with one attached hydrogen (secondary N) is 1. The number of amides is 2. The Labute approximate surface area is 155 Å². The van der Waals surface area contributed by atoms with E-state index in [0.717, 1.165) is 5.69 Å². The van der Waals surface area contributed by atoms with Crippen molar-refractivity contribution in [2.75, 3.05) is 0 Å². The number of nitrogens with zero attached hydrogens (tertiary/aromatic N) is 2. The molecule has 0 unspecified atom stereocenters. The topological polar surface area (TPSA) is 120 Å². The van der Waals surface area contributed by atoms with Gasteiger partial charge in [0.25, 0.3) is 5.91 Å². The van der Waals surface area contributed by atoms with Crippen LogP contribution in [-0.4, -0.2) is 27.3 Å². The minimum atomic E-state index is -1.20. The maximum Gasteiger partial charge on any atom is 0.256 e. The number of furan rings is 1. The van der Waals surface area contributed by atoms with Crippen LogP contribution in [0, 0.1) is 6.92 Å². The lowest BCUT2D eigenvalue weighted by Gasteiger charge is -2.22. The fourth-order valence-corrected chi connectivity index (χ4v) is 2.51. The molecule has 3 rings (SSSR count). The number of carbonyl (C=O) groups is 2. The van der Waals surface area contributed by atoms with Gasteiger partial charge in [-0.1, -0.05) is 6.07 Å². The Balaban J connectivity index is 1.88. The van der Waals surface area contributed by atoms with E-state index in [4.69, 9.17) is 14.9 Å². The summed E-state index contributed by atoms with van der Waals surface area (Å²) < 4.78 is 11.3. The molecule has 3 aromatic heterocycles. The molecular formula is C19H20N4O4. The highest BCUT2D eigenvalue weighted by Gasteiger charge is 2.30. The molecule has 0 fully saturated rings. The molecule has 3 aromatic rings. The maximum absolute atomic E-state index is 12.7. The molecule has 0 aliphatic carbocycles. The Bertz CT molecular complexity index is 996. The largest absolute Gasteiger partial charge is 0.471 e. The number of aryl methyl sites for hydroxylation is 1. The molecule has 0 radical (unpaired) electrons. The van der Waals surface area contributed by atoms with Crippen LogP contribution in [0.15, 0.2) is 41.1 Å². The van der Waals surface area contributed by atoms with E-state index < -0.39 is 17.4 Å². The van der Waals surface area contributed by atoms with E-state index >= 15 is 0 Å². The lowest BCUT2D eigenvalue weighted by atomic mass is 10.0. The highest BCUT2D eigenvalue weighted by atomic mass is 16.5. The Hall–Kier alpha value is -3.42. The molecule has 0 aliphatic rings. The number of nitrogens with two attached hydrogens (primary N) is 1. The van der Waals surface area contributed by atoms with Crippen molar-refractivity contribution in [1.29, 1.82) is 0 Å². The average Bonchev–Trinajstić information content (AvgIpc) is 2.95. The van der Waals surface area contributed by atoms with Crippen LogP contribution in [0.3, 0.4) is 0 Å². The molecule has 140 valence electrons. The zero-order valence-electron chi connectivity index (χ0n) is 15.3. The van der Waals surface area contributed by atoms with Gasteiger partial charge in [0.15, 0.2) is 5.58 Å². The summed E-state index contributed by atoms with van der Waals surface area (Å²) in [7, 11) is 0. The second-order valence-corrected chi connectivity index (χ2v) is 6.61. The first-order valence-electron chi connectivity index (χ1n) is 8.32. The van der Waals surface area contributed by atoms with Crippen LogP contribution in [0.5, 0.6) is 5.88 Å². The second-order valence-electron chi connectivity index (χ2n) is 6.61. The number of fused-ring (bicyclic) bond motifs is 1. The van der Waals surface area contributed by atoms with Gasteiger partial charge in [-0.05, 0) is 32.9 Å². The summed E-state index contributed by atoms with van der Waals surface area (Å²) in [6.45, 7) is 4.98. The fraction of sp³-hybridized carbons (Fsp3) is 0.263. The van der Waals surface area contributed by atoms with Gasteiger partial charge in [-0.3, -0.25) is 14.6 Å². The van der Waals surface area contributed by atoms with Crippen LogP contribution < -0.4 is 15.8 Å². The molecule has 0 bridgehead atoms. The number of hydrogen-bond donors (Lipinski definition) is 2. The van der Waals surface area contributed by atoms with E-state index in [0.29, 0.717) is 28.2 Å². The molecule has 2 amide bonds. The van der Waals surface area contributed by atoms with E-state index in [2.05, 4.69) is 15.3 Å². The van der Waals surface area contributed by atoms with E-state index in [-0.39, 0.29) is 6.61 Å². The second kappa shape index (κ2) is 7.06. The molecule has 0 atom stereocenters. The van der Waals surface area contributed by atoms with Crippen molar-refractivity contribution >= 4 is 22.8 Å². The lowest BCUT2D eigenvalue weighted by Crippen LogP contribution is -2.53. The summed E-state index contributed by atoms with van der Waals surface area (Å²) in [5.41, 5.74) is 5.64. The van der Waals surface area contributed by atoms with Gasteiger partial charge >= 0.3 is 0 Å². The van der Waals surface area contributed by atoms with E-state index in [1.54, 1.807) is 19.2 Å². The van der Waals surface area contributed by atoms with Gasteiger partial charge < -0.3 is 20.2 Å². The molecule has 8 heteroatoms. The molecule has 0 aromatic carbocycles. The van der Waals surface area contributed by atoms with Gasteiger partial charge in [0, 0.05) is 17.6 Å². The van der Waals surface area contributed by atoms with Gasteiger partial charge in [0.1, 0.15) is 17.9 Å². The van der Waals surface area contributed by atoms with Crippen molar-refractivity contribution in [3.63, 3.8) is 0 Å². The zero-order valence-corrected chi connectivity index (χ0v) is 15.3. The van der Waals surface area contributed by atoms with Crippen molar-refractivity contribution in [2.24, 2.45) is 5.73 Å². The molecule has 0 spiro atoms. The number of hydrogen-bond acceptors (Lipinski definition) is 6. The van der Waals surface area contributed by atoms with Crippen LogP contribution in [-0.2, 0) is 11.4 Å². The summed E-state index contributed by atoms with van der Waals surface area (Å²) >= 11 is 0. The Morgan fingerprint density at radius 3 is 2.74 bits per heavy atom. The molecule has 3 N–H and O–H groups in total. The van der Waals surface area contributed by atoms with Crippen molar-refractivity contribution < 1.29 is 18.7 Å². The Morgan fingerprint density at radius 2 is 2.07 bits per heavy atom. The third-order valence-corrected chi connectivity index (χ3v) is 4.09. The van der Waals surface area contributed by atoms with Crippen molar-refractivity contribution in [2.45, 2.75) is 32.9 Å². The number of aromatic nitrogens is 2. The molecule has 0 saturated carbocycles. The number of rotatable bonds is 6. The smallest absolute Gasteiger partial charge is 0.256 e. The Kier molecular flexibility index (Phi) is 4.81. The zero-order chi connectivity index (χ0) is 19.6. The van der Waals surface area contributed by atoms with E-state index in [1.807, 2.05) is 18.2 Å². The number of ether oxygens (including phenoxy) is 1. The summed E-state index contributed by atoms with van der Waals surface area (Å²) in [5, 5.41) is 3.16. The predicted octanol–water partition coefficient (Wildman–Crippen LogP) is 2.10. The number of primary amides is 1. The highest BCUT2D eigenvalue weighted by Crippen LogP contribution is 2.28. The number of pyridine rings is 2. The van der Waals surface area contributed by atoms with Crippen molar-refractivity contribution in [3.05, 3.63) is 53.7 Å². The summed E-state index contributed by atoms with van der Waals surface area (Å²) in [6, 6.07) is 7.15. The molecule has 0 aliphatic heterocycles. The Morgan fingerprint density at radius 1 is 1.30 bits per heavy atom. The van der Waals surface area contributed by atoms with Crippen LogP contribution in [0.4, 0.5) is 0 Å². The highest BCUT2D eigenvalue weighted by molar-refractivity contribution is 6.08. The van der Waals surface area contributed by atoms with Crippen LogP contribution in [0.2, 0.25) is 0 Å². The predicted molar refractivity (Wildman–Crippen MR) is 98.1 cm³/mol. The fourth-order valence-electron chi connectivity index (χ4n) is 2.51. The van der Waals surface area contributed by atoms with E-state index in [9.17, 15) is 9.59 Å². The lowest BCUT2D eigenvalue weighted by molar-refractivity contribution is -0.122. The SMILES string of the molecule is Cc1oc2cnc(OCc3ccccn3)cc2c1C(=O)NC(C)(C)C(N)=O. The first kappa shape index (κ1) is 18.4. The van der Waals surface area contributed by atoms with Crippen molar-refractivity contribution in [1.82, 2.24) is 15.3 Å². The van der Waals surface area contributed by atoms with Crippen LogP contribution in [0.25, 0.3) is 11.0 Å². The van der Waals surface area contributed by atoms with Gasteiger partial charge in [-0.25, -0.2) is 4.98 Å². The van der Waals surface area contributed by atoms with Gasteiger partial charge in [-0.15, -0.1) is 0 Å². The monoisotopic (exact) mass is 368 g/mol. The third-order valence-electron chi connectivity index (χ3n) is 4.09. The third kappa shape index (κ3) is 3.89. The standard InChI is InChI=1S/C19H20N4O4/c1-11-16(17(24)23-19(2,3)18(20)25)13-8-15(22-9-14(13)27-11)26-10-12-6-4-5-7-21-12/h4-9H,10H2,1-3H3,(H2,20,25)(H,23,24). The molecular weight excluding hydrogens is 348 g/mol. The van der Waals surface area contributed by atoms with Gasteiger partial charge in [0.2, 0.25) is 11.8 Å². The summed E-state index contributed by atoms with van der Waals surface area (Å²) in [6.07, 6.45) is 3.17. The van der Waals surface area contributed by atoms with Gasteiger partial charge in [0.05, 0.1) is 17.5 Å². The quantitative estimate of drug-likeness (QED) is 0.687. The minimum absolute atomic E-state index is 0.242. The summed E-state index contributed by atoms with van der Waals surface area (Å²) in [4.78, 5) is 32.6. The first-order chi connectivity index (χ1) is 12.8. The normalized spacial score (nSPS) is 11.4. The van der Waals surface area contributed by atoms with Crippen molar-refractivity contribution in [3.8, 4) is 5.88 Å². The summed E-state index contributed by atoms with van der Waals surface area (Å²) in [5.74, 6) is -0.358.